The van der Waals surface area contributed by atoms with Gasteiger partial charge in [0.15, 0.2) is 0 Å². The number of carboxylic acids is 2. The zero-order valence-corrected chi connectivity index (χ0v) is 12.4. The van der Waals surface area contributed by atoms with Crippen molar-refractivity contribution >= 4 is 23.7 Å². The zero-order valence-electron chi connectivity index (χ0n) is 12.4. The summed E-state index contributed by atoms with van der Waals surface area (Å²) in [6.45, 7) is 1.62. The van der Waals surface area contributed by atoms with Gasteiger partial charge in [0.25, 0.3) is 0 Å². The maximum atomic E-state index is 11.8. The Balaban J connectivity index is 1.90. The molecule has 0 bridgehead atoms. The van der Waals surface area contributed by atoms with Crippen LogP contribution in [0.15, 0.2) is 24.3 Å². The van der Waals surface area contributed by atoms with E-state index < -0.39 is 41.8 Å². The first-order valence-corrected chi connectivity index (χ1v) is 7.03. The average molecular weight is 322 g/mol. The van der Waals surface area contributed by atoms with Crippen molar-refractivity contribution in [2.75, 3.05) is 11.9 Å². The lowest BCUT2D eigenvalue weighted by Gasteiger charge is -2.09. The molecule has 0 radical (unpaired) electrons. The van der Waals surface area contributed by atoms with Crippen LogP contribution in [0.3, 0.4) is 0 Å². The Morgan fingerprint density at radius 1 is 1.30 bits per heavy atom. The Bertz CT molecular complexity index is 632. The number of hydrogen-bond acceptors (Lipinski definition) is 5. The van der Waals surface area contributed by atoms with Crippen molar-refractivity contribution in [3.63, 3.8) is 0 Å². The molecular formula is C15H18N2O6. The van der Waals surface area contributed by atoms with Crippen LogP contribution >= 0.6 is 0 Å². The lowest BCUT2D eigenvalue weighted by molar-refractivity contribution is -0.140. The fourth-order valence-electron chi connectivity index (χ4n) is 2.65. The molecule has 1 aromatic carbocycles. The number of carbonyl (C=O) groups is 3. The van der Waals surface area contributed by atoms with Crippen molar-refractivity contribution in [3.05, 3.63) is 29.8 Å². The normalized spacial score (nSPS) is 23.7. The molecule has 124 valence electrons. The largest absolute Gasteiger partial charge is 0.481 e. The third kappa shape index (κ3) is 3.78. The number of carbonyl (C=O) groups excluding carboxylic acids is 1. The van der Waals surface area contributed by atoms with Gasteiger partial charge in [-0.3, -0.25) is 14.9 Å². The van der Waals surface area contributed by atoms with Crippen molar-refractivity contribution in [1.29, 1.82) is 0 Å². The number of carboxylic acid groups (broad SMARTS) is 2. The van der Waals surface area contributed by atoms with Gasteiger partial charge in [-0.25, -0.2) is 4.79 Å². The van der Waals surface area contributed by atoms with Crippen LogP contribution in [0.2, 0.25) is 0 Å². The van der Waals surface area contributed by atoms with E-state index in [9.17, 15) is 14.4 Å². The molecule has 4 atom stereocenters. The predicted octanol–water partition coefficient (Wildman–Crippen LogP) is 0.902. The smallest absolute Gasteiger partial charge is 0.411 e. The van der Waals surface area contributed by atoms with Gasteiger partial charge in [0.2, 0.25) is 0 Å². The Kier molecular flexibility index (Phi) is 4.85. The Morgan fingerprint density at radius 2 is 1.96 bits per heavy atom. The first kappa shape index (κ1) is 16.8. The first-order valence-electron chi connectivity index (χ1n) is 7.03. The van der Waals surface area contributed by atoms with E-state index in [4.69, 9.17) is 20.7 Å². The topological polar surface area (TPSA) is 139 Å². The highest BCUT2D eigenvalue weighted by atomic mass is 16.5. The number of aliphatic carboxylic acids is 2. The van der Waals surface area contributed by atoms with Crippen LogP contribution in [-0.4, -0.2) is 40.9 Å². The summed E-state index contributed by atoms with van der Waals surface area (Å²) in [5, 5.41) is 20.5. The van der Waals surface area contributed by atoms with Gasteiger partial charge >= 0.3 is 18.0 Å². The van der Waals surface area contributed by atoms with Crippen LogP contribution in [0, 0.1) is 24.7 Å². The summed E-state index contributed by atoms with van der Waals surface area (Å²) in [6.07, 6.45) is -0.724. The minimum absolute atomic E-state index is 0.194. The van der Waals surface area contributed by atoms with Crippen molar-refractivity contribution in [2.24, 2.45) is 23.5 Å². The Hall–Kier alpha value is -2.61. The molecule has 0 spiro atoms. The number of ether oxygens (including phenoxy) is 1. The quantitative estimate of drug-likeness (QED) is 0.610. The highest BCUT2D eigenvalue weighted by Gasteiger charge is 2.60. The highest BCUT2D eigenvalue weighted by molar-refractivity contribution is 5.85. The standard InChI is InChI=1S/C15H18N2O6/c1-7-4-2-3-5-9(7)17-15(22)23-6-8-10(11(8)13(18)19)12(16)14(20)21/h2-5,8,10-12H,6,16H2,1H3,(H,17,22)(H,18,19)(H,20,21)/t8-,10+,11+,12+/m0/s1. The second-order valence-corrected chi connectivity index (χ2v) is 5.51. The van der Waals surface area contributed by atoms with Gasteiger partial charge in [-0.1, -0.05) is 18.2 Å². The van der Waals surface area contributed by atoms with E-state index >= 15 is 0 Å². The third-order valence-corrected chi connectivity index (χ3v) is 4.00. The number of nitrogens with one attached hydrogen (secondary N) is 1. The minimum Gasteiger partial charge on any atom is -0.481 e. The number of benzene rings is 1. The van der Waals surface area contributed by atoms with Gasteiger partial charge in [-0.15, -0.1) is 0 Å². The third-order valence-electron chi connectivity index (χ3n) is 4.00. The lowest BCUT2D eigenvalue weighted by atomic mass is 10.1. The SMILES string of the molecule is Cc1ccccc1NC(=O)OC[C@@H]1[C@@H](C(=O)O)[C@@H]1[C@@H](N)C(=O)O. The summed E-state index contributed by atoms with van der Waals surface area (Å²) in [4.78, 5) is 33.7. The summed E-state index contributed by atoms with van der Waals surface area (Å²) in [6, 6.07) is 5.82. The zero-order chi connectivity index (χ0) is 17.1. The fraction of sp³-hybridized carbons (Fsp3) is 0.400. The van der Waals surface area contributed by atoms with E-state index in [1.54, 1.807) is 12.1 Å². The van der Waals surface area contributed by atoms with E-state index in [1.807, 2.05) is 19.1 Å². The van der Waals surface area contributed by atoms with Gasteiger partial charge < -0.3 is 20.7 Å². The number of anilines is 1. The number of aryl methyl sites for hydroxylation is 1. The average Bonchev–Trinajstić information content (AvgIpc) is 3.21. The summed E-state index contributed by atoms with van der Waals surface area (Å²) in [5.74, 6) is -4.66. The molecule has 0 heterocycles. The van der Waals surface area contributed by atoms with Gasteiger partial charge in [0, 0.05) is 17.5 Å². The van der Waals surface area contributed by atoms with Crippen LogP contribution < -0.4 is 11.1 Å². The molecule has 2 rings (SSSR count). The second-order valence-electron chi connectivity index (χ2n) is 5.51. The number of rotatable bonds is 6. The number of nitrogens with two attached hydrogens (primary N) is 1. The minimum atomic E-state index is -1.29. The molecule has 8 heteroatoms. The molecule has 0 saturated heterocycles. The lowest BCUT2D eigenvalue weighted by Crippen LogP contribution is -2.34. The maximum absolute atomic E-state index is 11.8. The molecule has 5 N–H and O–H groups in total. The van der Waals surface area contributed by atoms with Gasteiger partial charge in [0.1, 0.15) is 6.04 Å². The molecular weight excluding hydrogens is 304 g/mol. The molecule has 0 unspecified atom stereocenters. The Morgan fingerprint density at radius 3 is 2.52 bits per heavy atom. The Labute approximate surface area is 132 Å². The number of amides is 1. The van der Waals surface area contributed by atoms with Crippen molar-refractivity contribution in [1.82, 2.24) is 0 Å². The first-order chi connectivity index (χ1) is 10.8. The van der Waals surface area contributed by atoms with Crippen LogP contribution in [0.1, 0.15) is 5.56 Å². The van der Waals surface area contributed by atoms with Crippen LogP contribution in [0.25, 0.3) is 0 Å². The van der Waals surface area contributed by atoms with E-state index in [0.29, 0.717) is 5.69 Å². The second kappa shape index (κ2) is 6.66. The number of para-hydroxylation sites is 1. The monoisotopic (exact) mass is 322 g/mol. The molecule has 1 aromatic rings. The van der Waals surface area contributed by atoms with Gasteiger partial charge in [0.05, 0.1) is 12.5 Å². The summed E-state index contributed by atoms with van der Waals surface area (Å²) >= 11 is 0. The predicted molar refractivity (Wildman–Crippen MR) is 79.9 cm³/mol. The molecule has 1 amide bonds. The van der Waals surface area contributed by atoms with E-state index in [2.05, 4.69) is 5.32 Å². The molecule has 8 nitrogen and oxygen atoms in total. The summed E-state index contributed by atoms with van der Waals surface area (Å²) in [5.41, 5.74) is 6.91. The molecule has 1 saturated carbocycles. The highest BCUT2D eigenvalue weighted by Crippen LogP contribution is 2.48. The molecule has 1 aliphatic carbocycles. The van der Waals surface area contributed by atoms with Crippen molar-refractivity contribution in [2.45, 2.75) is 13.0 Å². The van der Waals surface area contributed by atoms with E-state index in [0.717, 1.165) is 5.56 Å². The van der Waals surface area contributed by atoms with E-state index in [-0.39, 0.29) is 6.61 Å². The fourth-order valence-corrected chi connectivity index (χ4v) is 2.65. The molecule has 0 aliphatic heterocycles. The maximum Gasteiger partial charge on any atom is 0.411 e. The molecule has 1 aliphatic rings. The van der Waals surface area contributed by atoms with Crippen molar-refractivity contribution in [3.8, 4) is 0 Å². The van der Waals surface area contributed by atoms with Gasteiger partial charge in [-0.2, -0.15) is 0 Å². The molecule has 23 heavy (non-hydrogen) atoms. The van der Waals surface area contributed by atoms with Crippen LogP contribution in [-0.2, 0) is 14.3 Å². The van der Waals surface area contributed by atoms with Crippen molar-refractivity contribution < 1.29 is 29.3 Å². The summed E-state index contributed by atoms with van der Waals surface area (Å²) in [7, 11) is 0. The summed E-state index contributed by atoms with van der Waals surface area (Å²) < 4.78 is 5.00. The molecule has 0 aromatic heterocycles. The van der Waals surface area contributed by atoms with Crippen LogP contribution in [0.5, 0.6) is 0 Å². The van der Waals surface area contributed by atoms with Crippen LogP contribution in [0.4, 0.5) is 10.5 Å². The molecule has 1 fully saturated rings. The van der Waals surface area contributed by atoms with Gasteiger partial charge in [-0.05, 0) is 18.6 Å². The number of hydrogen-bond donors (Lipinski definition) is 4. The van der Waals surface area contributed by atoms with E-state index in [1.165, 1.54) is 0 Å².